The summed E-state index contributed by atoms with van der Waals surface area (Å²) in [5, 5.41) is 31.9. The number of rotatable bonds is 10. The van der Waals surface area contributed by atoms with E-state index in [9.17, 15) is 33.3 Å². The highest BCUT2D eigenvalue weighted by Gasteiger charge is 2.44. The maximum Gasteiger partial charge on any atom is 0.224 e. The van der Waals surface area contributed by atoms with Gasteiger partial charge in [0.15, 0.2) is 11.6 Å². The SMILES string of the molecule is CS[C@H]1O[C@@H](c2cc(C)c(Cl)c(Cc3ccc(OC4CCN(C(=O)C[C@H](N)Cc5cc(F)c(F)cc5F)CC4)cc3)c2)[C@H](O)[C@@H](O)[C@@H]1O. The highest BCUT2D eigenvalue weighted by Crippen LogP contribution is 2.38. The molecule has 0 bridgehead atoms. The van der Waals surface area contributed by atoms with E-state index in [4.69, 9.17) is 26.8 Å². The van der Waals surface area contributed by atoms with E-state index in [0.29, 0.717) is 54.8 Å². The first-order chi connectivity index (χ1) is 22.8. The zero-order chi connectivity index (χ0) is 34.7. The molecule has 260 valence electrons. The second-order valence-electron chi connectivity index (χ2n) is 12.5. The Morgan fingerprint density at radius 3 is 2.33 bits per heavy atom. The fourth-order valence-electron chi connectivity index (χ4n) is 6.23. The molecule has 0 unspecified atom stereocenters. The van der Waals surface area contributed by atoms with Crippen LogP contribution in [0.3, 0.4) is 0 Å². The van der Waals surface area contributed by atoms with E-state index in [2.05, 4.69) is 0 Å². The Morgan fingerprint density at radius 1 is 1.00 bits per heavy atom. The Morgan fingerprint density at radius 2 is 1.67 bits per heavy atom. The van der Waals surface area contributed by atoms with Crippen molar-refractivity contribution in [1.82, 2.24) is 4.90 Å². The largest absolute Gasteiger partial charge is 0.490 e. The van der Waals surface area contributed by atoms with E-state index in [0.717, 1.165) is 22.8 Å². The predicted molar refractivity (Wildman–Crippen MR) is 177 cm³/mol. The van der Waals surface area contributed by atoms with Gasteiger partial charge in [-0.3, -0.25) is 4.79 Å². The number of hydrogen-bond acceptors (Lipinski definition) is 8. The molecule has 0 radical (unpaired) electrons. The number of ether oxygens (including phenoxy) is 2. The van der Waals surface area contributed by atoms with Gasteiger partial charge >= 0.3 is 0 Å². The van der Waals surface area contributed by atoms with Gasteiger partial charge in [-0.15, -0.1) is 11.8 Å². The van der Waals surface area contributed by atoms with Crippen molar-refractivity contribution in [3.05, 3.63) is 98.8 Å². The average molecular weight is 709 g/mol. The lowest BCUT2D eigenvalue weighted by atomic mass is 9.91. The Bertz CT molecular complexity index is 1590. The number of nitrogens with two attached hydrogens (primary N) is 1. The third kappa shape index (κ3) is 8.47. The lowest BCUT2D eigenvalue weighted by Gasteiger charge is -2.40. The molecule has 8 nitrogen and oxygen atoms in total. The lowest BCUT2D eigenvalue weighted by Crippen LogP contribution is -2.52. The van der Waals surface area contributed by atoms with Gasteiger partial charge in [0.2, 0.25) is 5.91 Å². The Kier molecular flexibility index (Phi) is 12.0. The molecule has 2 aliphatic rings. The van der Waals surface area contributed by atoms with E-state index in [-0.39, 0.29) is 30.4 Å². The van der Waals surface area contributed by atoms with Crippen LogP contribution in [0.4, 0.5) is 13.2 Å². The molecule has 0 aliphatic carbocycles. The molecule has 0 saturated carbocycles. The summed E-state index contributed by atoms with van der Waals surface area (Å²) in [5.41, 5.74) is 8.54. The minimum Gasteiger partial charge on any atom is -0.490 e. The number of likely N-dealkylation sites (tertiary alicyclic amines) is 1. The highest BCUT2D eigenvalue weighted by atomic mass is 35.5. The molecule has 3 aromatic rings. The van der Waals surface area contributed by atoms with Crippen LogP contribution >= 0.6 is 23.4 Å². The van der Waals surface area contributed by atoms with Crippen LogP contribution in [0.2, 0.25) is 5.02 Å². The Balaban J connectivity index is 1.13. The second-order valence-corrected chi connectivity index (χ2v) is 13.8. The number of halogens is 4. The first-order valence-corrected chi connectivity index (χ1v) is 17.4. The molecule has 3 aromatic carbocycles. The van der Waals surface area contributed by atoms with Gasteiger partial charge in [0, 0.05) is 49.5 Å². The zero-order valence-corrected chi connectivity index (χ0v) is 28.2. The van der Waals surface area contributed by atoms with Crippen LogP contribution in [0, 0.1) is 24.4 Å². The van der Waals surface area contributed by atoms with Crippen molar-refractivity contribution in [2.45, 2.75) is 81.0 Å². The van der Waals surface area contributed by atoms with Gasteiger partial charge in [-0.2, -0.15) is 0 Å². The molecule has 6 atom stereocenters. The summed E-state index contributed by atoms with van der Waals surface area (Å²) < 4.78 is 52.9. The molecule has 1 amide bonds. The van der Waals surface area contributed by atoms with Crippen LogP contribution in [0.1, 0.15) is 53.2 Å². The van der Waals surface area contributed by atoms with Crippen LogP contribution < -0.4 is 10.5 Å². The topological polar surface area (TPSA) is 125 Å². The van der Waals surface area contributed by atoms with Crippen LogP contribution in [-0.4, -0.2) is 81.4 Å². The molecule has 2 saturated heterocycles. The fourth-order valence-corrected chi connectivity index (χ4v) is 7.08. The van der Waals surface area contributed by atoms with E-state index < -0.39 is 53.3 Å². The van der Waals surface area contributed by atoms with Crippen LogP contribution in [0.15, 0.2) is 48.5 Å². The Labute approximate surface area is 287 Å². The van der Waals surface area contributed by atoms with Gasteiger partial charge in [0.1, 0.15) is 47.5 Å². The summed E-state index contributed by atoms with van der Waals surface area (Å²) in [7, 11) is 0. The molecule has 0 aromatic heterocycles. The number of hydrogen-bond donors (Lipinski definition) is 4. The third-order valence-electron chi connectivity index (χ3n) is 8.91. The van der Waals surface area contributed by atoms with E-state index in [1.165, 1.54) is 11.8 Å². The summed E-state index contributed by atoms with van der Waals surface area (Å²) in [5.74, 6) is -2.83. The van der Waals surface area contributed by atoms with Crippen LogP contribution in [-0.2, 0) is 22.4 Å². The summed E-state index contributed by atoms with van der Waals surface area (Å²) in [4.78, 5) is 14.5. The van der Waals surface area contributed by atoms with Crippen molar-refractivity contribution in [3.63, 3.8) is 0 Å². The first-order valence-electron chi connectivity index (χ1n) is 15.8. The zero-order valence-electron chi connectivity index (χ0n) is 26.6. The molecule has 2 aliphatic heterocycles. The fraction of sp³-hybridized carbons (Fsp3) is 0.457. The van der Waals surface area contributed by atoms with Crippen molar-refractivity contribution in [3.8, 4) is 5.75 Å². The second kappa shape index (κ2) is 15.8. The van der Waals surface area contributed by atoms with E-state index >= 15 is 0 Å². The number of amides is 1. The standard InChI is InChI=1S/C35H40ClF3N2O6S/c1-18-11-22(34-32(44)31(43)33(45)35(47-34)48-2)13-21(30(18)36)12-19-3-5-24(6-4-19)46-25-7-9-41(10-8-25)29(42)16-23(40)14-20-15-27(38)28(39)17-26(20)37/h3-6,11,13,15,17,23,25,31-35,43-45H,7-10,12,14,16,40H2,1-2H3/t23-,31-,32-,33+,34+,35-/m1/s1. The van der Waals surface area contributed by atoms with Gasteiger partial charge in [-0.1, -0.05) is 35.9 Å². The lowest BCUT2D eigenvalue weighted by molar-refractivity contribution is -0.200. The first kappa shape index (κ1) is 36.4. The molecular formula is C35H40ClF3N2O6S. The minimum absolute atomic E-state index is 0.0461. The molecule has 48 heavy (non-hydrogen) atoms. The highest BCUT2D eigenvalue weighted by molar-refractivity contribution is 7.99. The number of aliphatic hydroxyl groups is 3. The number of thioether (sulfide) groups is 1. The number of aliphatic hydroxyl groups excluding tert-OH is 3. The van der Waals surface area contributed by atoms with Crippen molar-refractivity contribution in [1.29, 1.82) is 0 Å². The number of carbonyl (C=O) groups excluding carboxylic acids is 1. The molecule has 2 heterocycles. The van der Waals surface area contributed by atoms with Gasteiger partial charge in [-0.05, 0) is 72.0 Å². The maximum absolute atomic E-state index is 14.0. The Hall–Kier alpha value is -2.84. The van der Waals surface area contributed by atoms with Crippen molar-refractivity contribution >= 4 is 29.3 Å². The van der Waals surface area contributed by atoms with Gasteiger partial charge in [0.05, 0.1) is 0 Å². The number of nitrogens with zero attached hydrogens (tertiary/aromatic N) is 1. The number of carbonyl (C=O) groups is 1. The van der Waals surface area contributed by atoms with Crippen molar-refractivity contribution in [2.75, 3.05) is 19.3 Å². The molecule has 0 spiro atoms. The molecule has 5 rings (SSSR count). The number of aryl methyl sites for hydroxylation is 1. The summed E-state index contributed by atoms with van der Waals surface area (Å²) >= 11 is 7.93. The smallest absolute Gasteiger partial charge is 0.224 e. The van der Waals surface area contributed by atoms with Crippen molar-refractivity contribution < 1.29 is 42.8 Å². The minimum atomic E-state index is -1.35. The van der Waals surface area contributed by atoms with Gasteiger partial charge < -0.3 is 35.4 Å². The molecule has 13 heteroatoms. The third-order valence-corrected chi connectivity index (χ3v) is 10.3. The molecule has 2 fully saturated rings. The quantitative estimate of drug-likeness (QED) is 0.221. The number of piperidine rings is 1. The van der Waals surface area contributed by atoms with Crippen LogP contribution in [0.5, 0.6) is 5.75 Å². The predicted octanol–water partition coefficient (Wildman–Crippen LogP) is 4.83. The van der Waals surface area contributed by atoms with Gasteiger partial charge in [0.25, 0.3) is 0 Å². The van der Waals surface area contributed by atoms with Gasteiger partial charge in [-0.25, -0.2) is 13.2 Å². The summed E-state index contributed by atoms with van der Waals surface area (Å²) in [6.45, 7) is 2.80. The number of benzene rings is 3. The van der Waals surface area contributed by atoms with E-state index in [1.54, 1.807) is 11.2 Å². The normalized spacial score (nSPS) is 24.0. The summed E-state index contributed by atoms with van der Waals surface area (Å²) in [6, 6.07) is 11.8. The van der Waals surface area contributed by atoms with Crippen LogP contribution in [0.25, 0.3) is 0 Å². The van der Waals surface area contributed by atoms with E-state index in [1.807, 2.05) is 43.3 Å². The monoisotopic (exact) mass is 708 g/mol. The maximum atomic E-state index is 14.0. The summed E-state index contributed by atoms with van der Waals surface area (Å²) in [6.07, 6.45) is -1.44. The average Bonchev–Trinajstić information content (AvgIpc) is 3.06. The molecule has 5 N–H and O–H groups in total. The van der Waals surface area contributed by atoms with Crippen molar-refractivity contribution in [2.24, 2.45) is 5.73 Å². The molecular weight excluding hydrogens is 669 g/mol.